The third-order valence-corrected chi connectivity index (χ3v) is 5.19. The first-order chi connectivity index (χ1) is 13.9. The van der Waals surface area contributed by atoms with E-state index in [-0.39, 0.29) is 17.1 Å². The number of carbonyl (C=O) groups excluding carboxylic acids is 1. The quantitative estimate of drug-likeness (QED) is 0.443. The molecule has 29 heavy (non-hydrogen) atoms. The molecule has 1 atom stereocenters. The Morgan fingerprint density at radius 2 is 2.03 bits per heavy atom. The summed E-state index contributed by atoms with van der Waals surface area (Å²) in [7, 11) is 0. The van der Waals surface area contributed by atoms with Gasteiger partial charge < -0.3 is 10.1 Å². The second-order valence-corrected chi connectivity index (χ2v) is 7.57. The number of amides is 1. The van der Waals surface area contributed by atoms with Crippen molar-refractivity contribution in [1.29, 1.82) is 0 Å². The molecule has 4 aromatic rings. The number of nitrogens with zero attached hydrogens (tertiary/aromatic N) is 4. The van der Waals surface area contributed by atoms with Crippen LogP contribution in [0.5, 0.6) is 5.88 Å². The van der Waals surface area contributed by atoms with Crippen molar-refractivity contribution in [3.05, 3.63) is 63.1 Å². The molecule has 0 aliphatic heterocycles. The second-order valence-electron chi connectivity index (χ2n) is 6.66. The summed E-state index contributed by atoms with van der Waals surface area (Å²) in [6.45, 7) is 3.44. The van der Waals surface area contributed by atoms with Gasteiger partial charge in [-0.2, -0.15) is 0 Å². The minimum Gasteiger partial charge on any atom is -0.493 e. The number of azo groups is 1. The molecule has 0 aliphatic rings. The van der Waals surface area contributed by atoms with Gasteiger partial charge >= 0.3 is 0 Å². The second kappa shape index (κ2) is 7.25. The van der Waals surface area contributed by atoms with Gasteiger partial charge in [-0.1, -0.05) is 28.1 Å². The molecular formula is C20H16BrN5O3. The van der Waals surface area contributed by atoms with Crippen molar-refractivity contribution in [3.63, 3.8) is 0 Å². The fourth-order valence-electron chi connectivity index (χ4n) is 3.16. The molecule has 1 amide bonds. The molecule has 2 aromatic heterocycles. The van der Waals surface area contributed by atoms with Crippen LogP contribution in [-0.4, -0.2) is 25.5 Å². The smallest absolute Gasteiger partial charge is 0.287 e. The third kappa shape index (κ3) is 3.33. The van der Waals surface area contributed by atoms with E-state index in [9.17, 15) is 14.7 Å². The van der Waals surface area contributed by atoms with E-state index in [1.807, 2.05) is 13.0 Å². The molecule has 2 N–H and O–H groups in total. The Labute approximate surface area is 173 Å². The maximum Gasteiger partial charge on any atom is 0.287 e. The molecule has 2 heterocycles. The van der Waals surface area contributed by atoms with Crippen molar-refractivity contribution in [2.45, 2.75) is 19.9 Å². The summed E-state index contributed by atoms with van der Waals surface area (Å²) in [4.78, 5) is 32.3. The van der Waals surface area contributed by atoms with Gasteiger partial charge in [0.15, 0.2) is 5.69 Å². The van der Waals surface area contributed by atoms with E-state index in [0.29, 0.717) is 21.8 Å². The Hall–Kier alpha value is -3.33. The van der Waals surface area contributed by atoms with Crippen molar-refractivity contribution in [3.8, 4) is 5.88 Å². The summed E-state index contributed by atoms with van der Waals surface area (Å²) in [5.41, 5.74) is 1.99. The van der Waals surface area contributed by atoms with E-state index in [0.717, 1.165) is 10.0 Å². The first-order valence-corrected chi connectivity index (χ1v) is 9.58. The lowest BCUT2D eigenvalue weighted by Crippen LogP contribution is -2.27. The summed E-state index contributed by atoms with van der Waals surface area (Å²) in [6, 6.07) is 9.68. The van der Waals surface area contributed by atoms with Crippen LogP contribution in [0.2, 0.25) is 0 Å². The molecule has 0 unspecified atom stereocenters. The van der Waals surface area contributed by atoms with Crippen molar-refractivity contribution in [1.82, 2.24) is 14.5 Å². The summed E-state index contributed by atoms with van der Waals surface area (Å²) in [5, 5.41) is 18.9. The monoisotopic (exact) mass is 453 g/mol. The van der Waals surface area contributed by atoms with Gasteiger partial charge in [-0.05, 0) is 43.7 Å². The maximum atomic E-state index is 12.7. The zero-order valence-electron chi connectivity index (χ0n) is 15.5. The van der Waals surface area contributed by atoms with Crippen LogP contribution >= 0.6 is 15.9 Å². The lowest BCUT2D eigenvalue weighted by atomic mass is 10.1. The molecule has 4 rings (SSSR count). The molecule has 8 nitrogen and oxygen atoms in total. The van der Waals surface area contributed by atoms with E-state index in [4.69, 9.17) is 0 Å². The molecule has 0 spiro atoms. The first kappa shape index (κ1) is 19.0. The molecule has 0 aliphatic carbocycles. The topological polar surface area (TPSA) is 113 Å². The van der Waals surface area contributed by atoms with Crippen LogP contribution in [0.25, 0.3) is 21.8 Å². The van der Waals surface area contributed by atoms with Crippen LogP contribution in [-0.2, 0) is 4.79 Å². The van der Waals surface area contributed by atoms with Gasteiger partial charge in [-0.3, -0.25) is 14.2 Å². The van der Waals surface area contributed by atoms with Gasteiger partial charge in [0, 0.05) is 9.86 Å². The number of H-pyrrole nitrogens is 1. The first-order valence-electron chi connectivity index (χ1n) is 8.79. The maximum absolute atomic E-state index is 12.7. The van der Waals surface area contributed by atoms with E-state index < -0.39 is 11.9 Å². The van der Waals surface area contributed by atoms with Crippen molar-refractivity contribution in [2.24, 2.45) is 10.2 Å². The Kier molecular flexibility index (Phi) is 4.75. The highest BCUT2D eigenvalue weighted by atomic mass is 79.9. The fraction of sp³-hybridized carbons (Fsp3) is 0.150. The van der Waals surface area contributed by atoms with Gasteiger partial charge in [-0.25, -0.2) is 4.98 Å². The summed E-state index contributed by atoms with van der Waals surface area (Å²) < 4.78 is 2.03. The van der Waals surface area contributed by atoms with Crippen LogP contribution in [0.3, 0.4) is 0 Å². The van der Waals surface area contributed by atoms with Gasteiger partial charge in [0.25, 0.3) is 11.5 Å². The largest absolute Gasteiger partial charge is 0.493 e. The molecule has 0 fully saturated rings. The minimum absolute atomic E-state index is 0.161. The number of benzene rings is 2. The molecule has 0 radical (unpaired) electrons. The lowest BCUT2D eigenvalue weighted by molar-refractivity contribution is -0.121. The number of hydrogen-bond donors (Lipinski definition) is 2. The number of aromatic hydroxyl groups is 1. The van der Waals surface area contributed by atoms with Crippen molar-refractivity contribution < 1.29 is 9.90 Å². The zero-order valence-corrected chi connectivity index (χ0v) is 17.1. The third-order valence-electron chi connectivity index (χ3n) is 4.74. The van der Waals surface area contributed by atoms with Gasteiger partial charge in [0.05, 0.1) is 22.7 Å². The molecule has 9 heteroatoms. The van der Waals surface area contributed by atoms with Gasteiger partial charge in [0.2, 0.25) is 5.88 Å². The highest BCUT2D eigenvalue weighted by Gasteiger charge is 2.19. The molecule has 0 saturated carbocycles. The Balaban J connectivity index is 1.69. The van der Waals surface area contributed by atoms with E-state index >= 15 is 0 Å². The van der Waals surface area contributed by atoms with E-state index in [1.165, 1.54) is 10.9 Å². The number of aromatic amines is 1. The average molecular weight is 454 g/mol. The number of fused-ring (bicyclic) bond motifs is 2. The predicted molar refractivity (Wildman–Crippen MR) is 113 cm³/mol. The number of aryl methyl sites for hydroxylation is 1. The molecule has 2 aromatic carbocycles. The highest BCUT2D eigenvalue weighted by molar-refractivity contribution is 9.10. The Morgan fingerprint density at radius 1 is 1.28 bits per heavy atom. The Bertz CT molecular complexity index is 1360. The standard InChI is InChI=1S/C20H16BrN5O3/c1-10-7-12(21)8-14-16(10)23-19(28)17(14)24-25-18(27)11(2)26-9-22-15-6-4-3-5-13(15)20(26)29/h3-9,11,23,28H,1-2H3/t11-/m0/s1. The van der Waals surface area contributed by atoms with Crippen LogP contribution in [0.15, 0.2) is 62.2 Å². The fourth-order valence-corrected chi connectivity index (χ4v) is 3.74. The number of aromatic nitrogens is 3. The number of hydrogen-bond acceptors (Lipinski definition) is 5. The van der Waals surface area contributed by atoms with Gasteiger partial charge in [0.1, 0.15) is 6.04 Å². The Morgan fingerprint density at radius 3 is 2.83 bits per heavy atom. The predicted octanol–water partition coefficient (Wildman–Crippen LogP) is 4.53. The van der Waals surface area contributed by atoms with Crippen LogP contribution in [0, 0.1) is 6.92 Å². The molecule has 146 valence electrons. The van der Waals surface area contributed by atoms with Crippen LogP contribution < -0.4 is 5.56 Å². The molecule has 0 bridgehead atoms. The SMILES string of the molecule is Cc1cc(Br)cc2c(N=NC(=O)[C@H](C)n3cnc4ccccc4c3=O)c(O)[nH]c12. The van der Waals surface area contributed by atoms with Crippen LogP contribution in [0.4, 0.5) is 5.69 Å². The summed E-state index contributed by atoms with van der Waals surface area (Å²) in [6.07, 6.45) is 1.33. The van der Waals surface area contributed by atoms with Crippen molar-refractivity contribution >= 4 is 49.3 Å². The molecule has 0 saturated heterocycles. The lowest BCUT2D eigenvalue weighted by Gasteiger charge is -2.11. The zero-order chi connectivity index (χ0) is 20.7. The highest BCUT2D eigenvalue weighted by Crippen LogP contribution is 2.38. The van der Waals surface area contributed by atoms with E-state index in [1.54, 1.807) is 37.3 Å². The number of para-hydroxylation sites is 1. The van der Waals surface area contributed by atoms with Crippen molar-refractivity contribution in [2.75, 3.05) is 0 Å². The minimum atomic E-state index is -0.899. The summed E-state index contributed by atoms with van der Waals surface area (Å²) in [5.74, 6) is -0.820. The van der Waals surface area contributed by atoms with E-state index in [2.05, 4.69) is 36.1 Å². The van der Waals surface area contributed by atoms with Gasteiger partial charge in [-0.15, -0.1) is 10.2 Å². The average Bonchev–Trinajstić information content (AvgIpc) is 3.01. The number of halogens is 1. The normalized spacial score (nSPS) is 12.8. The number of rotatable bonds is 3. The summed E-state index contributed by atoms with van der Waals surface area (Å²) >= 11 is 3.41. The number of carbonyl (C=O) groups is 1. The molecular weight excluding hydrogens is 438 g/mol. The van der Waals surface area contributed by atoms with Crippen LogP contribution in [0.1, 0.15) is 18.5 Å². The number of nitrogens with one attached hydrogen (secondary N) is 1.